The van der Waals surface area contributed by atoms with Gasteiger partial charge in [-0.05, 0) is 116 Å². The van der Waals surface area contributed by atoms with Gasteiger partial charge in [0.25, 0.3) is 0 Å². The Kier molecular flexibility index (Phi) is 9.65. The van der Waals surface area contributed by atoms with Crippen molar-refractivity contribution >= 4 is 5.71 Å². The topological polar surface area (TPSA) is 48.4 Å². The van der Waals surface area contributed by atoms with Crippen LogP contribution < -0.4 is 16.0 Å². The van der Waals surface area contributed by atoms with Crippen LogP contribution >= 0.6 is 0 Å². The molecule has 3 unspecified atom stereocenters. The van der Waals surface area contributed by atoms with Crippen molar-refractivity contribution in [1.29, 1.82) is 0 Å². The van der Waals surface area contributed by atoms with Crippen molar-refractivity contribution in [2.45, 2.75) is 70.6 Å². The van der Waals surface area contributed by atoms with Crippen LogP contribution in [0.2, 0.25) is 0 Å². The minimum atomic E-state index is -0.776. The van der Waals surface area contributed by atoms with Gasteiger partial charge in [0.1, 0.15) is 0 Å². The highest BCUT2D eigenvalue weighted by molar-refractivity contribution is 6.12. The van der Waals surface area contributed by atoms with Crippen LogP contribution in [0, 0.1) is 35.3 Å². The number of aliphatic imine (C=N–C) groups is 1. The molecule has 6 rings (SSSR count). The summed E-state index contributed by atoms with van der Waals surface area (Å²) in [6.07, 6.45) is 10.2. The maximum Gasteiger partial charge on any atom is 0.159 e. The molecule has 0 radical (unpaired) electrons. The predicted octanol–water partition coefficient (Wildman–Crippen LogP) is 7.98. The SMILES string of the molecule is C=C(NC[C@@H]1C[C@@H](CCC2CC2C)C[C@H]1c1ccc(F)c(F)c1)NC1=C(C)C(C2=CCNCC2)=NCCC1c1ccccc1. The zero-order chi connectivity index (χ0) is 30.6. The number of nitrogens with one attached hydrogen (secondary N) is 3. The minimum absolute atomic E-state index is 0.189. The Labute approximate surface area is 262 Å². The van der Waals surface area contributed by atoms with E-state index in [2.05, 4.69) is 72.8 Å². The van der Waals surface area contributed by atoms with E-state index in [1.165, 1.54) is 48.1 Å². The third-order valence-electron chi connectivity index (χ3n) is 10.6. The summed E-state index contributed by atoms with van der Waals surface area (Å²) in [5.41, 5.74) is 6.97. The first kappa shape index (κ1) is 30.8. The van der Waals surface area contributed by atoms with Gasteiger partial charge < -0.3 is 16.0 Å². The van der Waals surface area contributed by atoms with Crippen LogP contribution in [0.1, 0.15) is 81.8 Å². The summed E-state index contributed by atoms with van der Waals surface area (Å²) in [6, 6.07) is 15.2. The first-order valence-corrected chi connectivity index (χ1v) is 16.7. The lowest BCUT2D eigenvalue weighted by atomic mass is 9.88. The van der Waals surface area contributed by atoms with Gasteiger partial charge >= 0.3 is 0 Å². The molecule has 2 aromatic rings. The highest BCUT2D eigenvalue weighted by Gasteiger charge is 2.38. The molecule has 4 aliphatic rings. The third kappa shape index (κ3) is 7.17. The monoisotopic (exact) mass is 598 g/mol. The summed E-state index contributed by atoms with van der Waals surface area (Å²) < 4.78 is 28.1. The Hall–Kier alpha value is -3.25. The fraction of sp³-hybridized carbons (Fsp3) is 0.500. The van der Waals surface area contributed by atoms with E-state index in [0.29, 0.717) is 11.8 Å². The van der Waals surface area contributed by atoms with Crippen LogP contribution in [0.5, 0.6) is 0 Å². The number of nitrogens with zero attached hydrogens (tertiary/aromatic N) is 1. The Balaban J connectivity index is 1.19. The van der Waals surface area contributed by atoms with Gasteiger partial charge in [-0.3, -0.25) is 4.99 Å². The molecule has 0 saturated heterocycles. The highest BCUT2D eigenvalue weighted by atomic mass is 19.2. The van der Waals surface area contributed by atoms with Crippen LogP contribution in [0.4, 0.5) is 8.78 Å². The minimum Gasteiger partial charge on any atom is -0.372 e. The quantitative estimate of drug-likeness (QED) is 0.246. The lowest BCUT2D eigenvalue weighted by Gasteiger charge is -2.27. The number of benzene rings is 2. The van der Waals surface area contributed by atoms with Crippen molar-refractivity contribution in [3.63, 3.8) is 0 Å². The third-order valence-corrected chi connectivity index (χ3v) is 10.6. The number of halogens is 2. The molecule has 4 nitrogen and oxygen atoms in total. The fourth-order valence-corrected chi connectivity index (χ4v) is 7.90. The van der Waals surface area contributed by atoms with E-state index in [1.54, 1.807) is 6.07 Å². The van der Waals surface area contributed by atoms with Gasteiger partial charge in [0.05, 0.1) is 11.5 Å². The maximum absolute atomic E-state index is 14.3. The van der Waals surface area contributed by atoms with Gasteiger partial charge in [-0.2, -0.15) is 0 Å². The second-order valence-electron chi connectivity index (χ2n) is 13.6. The molecule has 2 aliphatic carbocycles. The zero-order valence-corrected chi connectivity index (χ0v) is 26.3. The van der Waals surface area contributed by atoms with Gasteiger partial charge in [0.2, 0.25) is 0 Å². The van der Waals surface area contributed by atoms with Gasteiger partial charge in [-0.25, -0.2) is 8.78 Å². The zero-order valence-electron chi connectivity index (χ0n) is 26.3. The second-order valence-corrected chi connectivity index (χ2v) is 13.6. The van der Waals surface area contributed by atoms with Crippen LogP contribution in [0.15, 0.2) is 88.8 Å². The van der Waals surface area contributed by atoms with Crippen LogP contribution in [-0.4, -0.2) is 31.9 Å². The molecule has 2 fully saturated rings. The standard InChI is InChI=1S/C38H48F2N4/c1-24-19-30(24)10-9-27-20-32(34(21-27)31-11-12-35(39)36(40)22-31)23-43-26(3)44-38-25(2)37(29-13-16-41-17-14-29)42-18-15-33(38)28-7-5-4-6-8-28/h4-8,11-13,22,24,27,30,32-34,41,43-44H,3,9-10,14-21,23H2,1-2H3/t24?,27-,30?,32+,33?,34+/m1/s1. The molecule has 44 heavy (non-hydrogen) atoms. The molecule has 3 N–H and O–H groups in total. The second kappa shape index (κ2) is 13.8. The Morgan fingerprint density at radius 3 is 2.55 bits per heavy atom. The van der Waals surface area contributed by atoms with E-state index in [4.69, 9.17) is 4.99 Å². The summed E-state index contributed by atoms with van der Waals surface area (Å²) in [5.74, 6) is 2.32. The molecule has 234 valence electrons. The molecule has 0 aromatic heterocycles. The molecular weight excluding hydrogens is 550 g/mol. The normalized spacial score (nSPS) is 28.6. The average molecular weight is 599 g/mol. The Morgan fingerprint density at radius 1 is 1.00 bits per heavy atom. The molecule has 2 aromatic carbocycles. The number of rotatable bonds is 11. The lowest BCUT2D eigenvalue weighted by Crippen LogP contribution is -2.33. The Bertz CT molecular complexity index is 1430. The van der Waals surface area contributed by atoms with Gasteiger partial charge in [-0.1, -0.05) is 62.4 Å². The first-order valence-electron chi connectivity index (χ1n) is 16.7. The predicted molar refractivity (Wildman–Crippen MR) is 176 cm³/mol. The van der Waals surface area contributed by atoms with Crippen molar-refractivity contribution < 1.29 is 8.78 Å². The molecule has 0 spiro atoms. The maximum atomic E-state index is 14.3. The molecule has 6 heteroatoms. The number of hydrogen-bond acceptors (Lipinski definition) is 4. The van der Waals surface area contributed by atoms with E-state index in [9.17, 15) is 8.78 Å². The fourth-order valence-electron chi connectivity index (χ4n) is 7.90. The molecule has 2 heterocycles. The van der Waals surface area contributed by atoms with Crippen LogP contribution in [-0.2, 0) is 0 Å². The van der Waals surface area contributed by atoms with Crippen molar-refractivity contribution in [3.05, 3.63) is 107 Å². The first-order chi connectivity index (χ1) is 21.4. The summed E-state index contributed by atoms with van der Waals surface area (Å²) >= 11 is 0. The number of hydrogen-bond donors (Lipinski definition) is 3. The van der Waals surface area contributed by atoms with Crippen LogP contribution in [0.3, 0.4) is 0 Å². The summed E-state index contributed by atoms with van der Waals surface area (Å²) in [5, 5.41) is 10.8. The van der Waals surface area contributed by atoms with Crippen LogP contribution in [0.25, 0.3) is 0 Å². The van der Waals surface area contributed by atoms with Crippen molar-refractivity contribution in [3.8, 4) is 0 Å². The van der Waals surface area contributed by atoms with E-state index in [0.717, 1.165) is 86.5 Å². The molecular formula is C38H48F2N4. The van der Waals surface area contributed by atoms with Gasteiger partial charge in [0, 0.05) is 31.2 Å². The molecule has 6 atom stereocenters. The van der Waals surface area contributed by atoms with E-state index >= 15 is 0 Å². The van der Waals surface area contributed by atoms with Gasteiger partial charge in [0.15, 0.2) is 11.6 Å². The molecule has 0 bridgehead atoms. The largest absolute Gasteiger partial charge is 0.372 e. The van der Waals surface area contributed by atoms with E-state index < -0.39 is 11.6 Å². The average Bonchev–Trinajstić information content (AvgIpc) is 3.64. The van der Waals surface area contributed by atoms with Crippen molar-refractivity contribution in [2.75, 3.05) is 26.2 Å². The van der Waals surface area contributed by atoms with Crippen molar-refractivity contribution in [2.24, 2.45) is 28.7 Å². The molecule has 2 aliphatic heterocycles. The van der Waals surface area contributed by atoms with Crippen molar-refractivity contribution in [1.82, 2.24) is 16.0 Å². The molecule has 2 saturated carbocycles. The smallest absolute Gasteiger partial charge is 0.159 e. The highest BCUT2D eigenvalue weighted by Crippen LogP contribution is 2.48. The summed E-state index contributed by atoms with van der Waals surface area (Å²) in [6.45, 7) is 12.3. The van der Waals surface area contributed by atoms with E-state index in [1.807, 2.05) is 0 Å². The van der Waals surface area contributed by atoms with E-state index in [-0.39, 0.29) is 11.8 Å². The Morgan fingerprint density at radius 2 is 1.82 bits per heavy atom. The molecule has 0 amide bonds. The lowest BCUT2D eigenvalue weighted by molar-refractivity contribution is 0.423. The van der Waals surface area contributed by atoms with Gasteiger partial charge in [-0.15, -0.1) is 0 Å². The number of allylic oxidation sites excluding steroid dienone is 2. The summed E-state index contributed by atoms with van der Waals surface area (Å²) in [4.78, 5) is 5.09. The summed E-state index contributed by atoms with van der Waals surface area (Å²) in [7, 11) is 0.